The Morgan fingerprint density at radius 1 is 1.03 bits per heavy atom. The van der Waals surface area contributed by atoms with Crippen LogP contribution in [-0.2, 0) is 22.6 Å². The molecular formula is C26H30N4O4. The van der Waals surface area contributed by atoms with Gasteiger partial charge in [-0.2, -0.15) is 0 Å². The van der Waals surface area contributed by atoms with Crippen molar-refractivity contribution < 1.29 is 19.2 Å². The van der Waals surface area contributed by atoms with Gasteiger partial charge in [0.25, 0.3) is 5.91 Å². The van der Waals surface area contributed by atoms with Crippen molar-refractivity contribution in [2.45, 2.75) is 57.5 Å². The van der Waals surface area contributed by atoms with Crippen molar-refractivity contribution in [1.29, 1.82) is 0 Å². The summed E-state index contributed by atoms with van der Waals surface area (Å²) in [5.41, 5.74) is 9.47. The molecule has 0 radical (unpaired) electrons. The van der Waals surface area contributed by atoms with Crippen molar-refractivity contribution in [2.75, 3.05) is 11.9 Å². The molecule has 4 rings (SSSR count). The summed E-state index contributed by atoms with van der Waals surface area (Å²) in [6.45, 7) is 1.14. The Bertz CT molecular complexity index is 1110. The lowest BCUT2D eigenvalue weighted by Crippen LogP contribution is -2.52. The fourth-order valence-electron chi connectivity index (χ4n) is 4.75. The van der Waals surface area contributed by atoms with Crippen LogP contribution in [0.15, 0.2) is 42.5 Å². The number of hydrogen-bond acceptors (Lipinski definition) is 5. The Balaban J connectivity index is 1.25. The summed E-state index contributed by atoms with van der Waals surface area (Å²) in [5.74, 6) is -1.23. The number of carbonyl (C=O) groups excluding carboxylic acids is 4. The van der Waals surface area contributed by atoms with Crippen molar-refractivity contribution in [3.63, 3.8) is 0 Å². The fourth-order valence-corrected chi connectivity index (χ4v) is 4.75. The minimum absolute atomic E-state index is 0.163. The van der Waals surface area contributed by atoms with E-state index >= 15 is 0 Å². The largest absolute Gasteiger partial charge is 0.385 e. The molecule has 1 fully saturated rings. The number of rotatable bonds is 10. The minimum atomic E-state index is -0.606. The first-order valence-corrected chi connectivity index (χ1v) is 11.8. The third kappa shape index (κ3) is 5.11. The van der Waals surface area contributed by atoms with Gasteiger partial charge in [0.1, 0.15) is 6.04 Å². The van der Waals surface area contributed by atoms with E-state index in [-0.39, 0.29) is 24.1 Å². The molecule has 2 heterocycles. The van der Waals surface area contributed by atoms with Crippen LogP contribution in [0.2, 0.25) is 0 Å². The molecule has 2 aliphatic rings. The maximum Gasteiger partial charge on any atom is 0.255 e. The molecule has 8 nitrogen and oxygen atoms in total. The van der Waals surface area contributed by atoms with Gasteiger partial charge in [-0.3, -0.25) is 24.5 Å². The molecule has 0 aliphatic carbocycles. The number of piperidine rings is 1. The highest BCUT2D eigenvalue weighted by Crippen LogP contribution is 2.32. The van der Waals surface area contributed by atoms with Gasteiger partial charge in [0, 0.05) is 41.9 Å². The second kappa shape index (κ2) is 10.5. The number of aryl methyl sites for hydroxylation is 1. The molecule has 2 aromatic carbocycles. The Morgan fingerprint density at radius 2 is 1.82 bits per heavy atom. The van der Waals surface area contributed by atoms with E-state index in [1.165, 1.54) is 0 Å². The van der Waals surface area contributed by atoms with Crippen molar-refractivity contribution in [3.05, 3.63) is 64.7 Å². The van der Waals surface area contributed by atoms with Crippen LogP contribution in [-0.4, -0.2) is 41.1 Å². The molecule has 2 aromatic rings. The number of fused-ring (bicyclic) bond motifs is 1. The van der Waals surface area contributed by atoms with E-state index in [2.05, 4.69) is 10.6 Å². The van der Waals surface area contributed by atoms with Gasteiger partial charge >= 0.3 is 0 Å². The van der Waals surface area contributed by atoms with Gasteiger partial charge in [0.2, 0.25) is 17.7 Å². The summed E-state index contributed by atoms with van der Waals surface area (Å²) in [7, 11) is 0. The van der Waals surface area contributed by atoms with Crippen LogP contribution in [0.5, 0.6) is 0 Å². The van der Waals surface area contributed by atoms with E-state index in [9.17, 15) is 19.2 Å². The fraction of sp³-hybridized carbons (Fsp3) is 0.385. The topological polar surface area (TPSA) is 122 Å². The van der Waals surface area contributed by atoms with Crippen molar-refractivity contribution >= 4 is 29.3 Å². The lowest BCUT2D eigenvalue weighted by atomic mass is 10.0. The molecular weight excluding hydrogens is 432 g/mol. The highest BCUT2D eigenvalue weighted by Gasteiger charge is 2.39. The van der Waals surface area contributed by atoms with Crippen LogP contribution < -0.4 is 16.4 Å². The van der Waals surface area contributed by atoms with Crippen molar-refractivity contribution in [2.24, 2.45) is 5.73 Å². The summed E-state index contributed by atoms with van der Waals surface area (Å²) in [6, 6.07) is 12.5. The Kier molecular flexibility index (Phi) is 7.25. The lowest BCUT2D eigenvalue weighted by Gasteiger charge is -2.29. The van der Waals surface area contributed by atoms with Crippen LogP contribution in [0, 0.1) is 0 Å². The Hall–Kier alpha value is -3.68. The maximum absolute atomic E-state index is 12.9. The molecule has 2 aliphatic heterocycles. The van der Waals surface area contributed by atoms with E-state index in [4.69, 9.17) is 5.73 Å². The van der Waals surface area contributed by atoms with Gasteiger partial charge in [0.15, 0.2) is 0 Å². The summed E-state index contributed by atoms with van der Waals surface area (Å²) >= 11 is 0. The summed E-state index contributed by atoms with van der Waals surface area (Å²) in [6.07, 6.45) is 5.49. The van der Waals surface area contributed by atoms with Crippen LogP contribution in [0.4, 0.5) is 5.69 Å². The first kappa shape index (κ1) is 23.5. The number of nitrogens with two attached hydrogens (primary N) is 1. The van der Waals surface area contributed by atoms with E-state index < -0.39 is 11.9 Å². The predicted octanol–water partition coefficient (Wildman–Crippen LogP) is 2.76. The number of hydrogen-bond donors (Lipinski definition) is 3. The molecule has 1 unspecified atom stereocenters. The first-order chi connectivity index (χ1) is 16.5. The number of anilines is 1. The van der Waals surface area contributed by atoms with Crippen LogP contribution in [0.1, 0.15) is 70.4 Å². The molecule has 0 spiro atoms. The van der Waals surface area contributed by atoms with Gasteiger partial charge in [-0.1, -0.05) is 37.1 Å². The van der Waals surface area contributed by atoms with Gasteiger partial charge in [-0.15, -0.1) is 0 Å². The van der Waals surface area contributed by atoms with Gasteiger partial charge in [0.05, 0.1) is 0 Å². The Morgan fingerprint density at radius 3 is 2.62 bits per heavy atom. The normalized spacial score (nSPS) is 17.5. The van der Waals surface area contributed by atoms with Crippen molar-refractivity contribution in [1.82, 2.24) is 10.2 Å². The molecule has 1 saturated heterocycles. The third-order valence-electron chi connectivity index (χ3n) is 6.55. The lowest BCUT2D eigenvalue weighted by molar-refractivity contribution is -0.136. The van der Waals surface area contributed by atoms with E-state index in [1.54, 1.807) is 17.0 Å². The highest BCUT2D eigenvalue weighted by molar-refractivity contribution is 6.06. The number of primary amides is 1. The van der Waals surface area contributed by atoms with Crippen LogP contribution in [0.3, 0.4) is 0 Å². The number of amides is 4. The number of imide groups is 1. The number of benzene rings is 2. The maximum atomic E-state index is 12.9. The average Bonchev–Trinajstić information content (AvgIpc) is 3.15. The van der Waals surface area contributed by atoms with Crippen LogP contribution >= 0.6 is 0 Å². The molecule has 8 heteroatoms. The molecule has 0 aromatic heterocycles. The second-order valence-electron chi connectivity index (χ2n) is 8.84. The summed E-state index contributed by atoms with van der Waals surface area (Å²) in [4.78, 5) is 49.7. The minimum Gasteiger partial charge on any atom is -0.385 e. The number of carbonyl (C=O) groups is 4. The second-order valence-corrected chi connectivity index (χ2v) is 8.84. The van der Waals surface area contributed by atoms with Crippen LogP contribution in [0.25, 0.3) is 0 Å². The highest BCUT2D eigenvalue weighted by atomic mass is 16.2. The number of unbranched alkanes of at least 4 members (excludes halogenated alkanes) is 3. The smallest absolute Gasteiger partial charge is 0.255 e. The van der Waals surface area contributed by atoms with Gasteiger partial charge in [-0.25, -0.2) is 0 Å². The predicted molar refractivity (Wildman–Crippen MR) is 128 cm³/mol. The number of nitrogens with zero attached hydrogens (tertiary/aromatic N) is 1. The van der Waals surface area contributed by atoms with Crippen molar-refractivity contribution in [3.8, 4) is 0 Å². The SMILES string of the molecule is NC(=O)c1ccccc1CCCCCCNc1cccc2c1CN(C1CCC(=O)NC1=O)C2=O. The summed E-state index contributed by atoms with van der Waals surface area (Å²) < 4.78 is 0. The molecule has 178 valence electrons. The zero-order valence-corrected chi connectivity index (χ0v) is 19.1. The zero-order valence-electron chi connectivity index (χ0n) is 19.1. The van der Waals surface area contributed by atoms with Gasteiger partial charge < -0.3 is 16.0 Å². The van der Waals surface area contributed by atoms with Gasteiger partial charge in [-0.05, 0) is 49.4 Å². The Labute approximate surface area is 198 Å². The zero-order chi connectivity index (χ0) is 24.1. The quantitative estimate of drug-likeness (QED) is 0.370. The average molecular weight is 463 g/mol. The van der Waals surface area contributed by atoms with E-state index in [1.807, 2.05) is 30.3 Å². The van der Waals surface area contributed by atoms with E-state index in [0.29, 0.717) is 24.1 Å². The third-order valence-corrected chi connectivity index (χ3v) is 6.55. The molecule has 4 N–H and O–H groups in total. The number of nitrogens with one attached hydrogen (secondary N) is 2. The summed E-state index contributed by atoms with van der Waals surface area (Å²) in [5, 5.41) is 5.78. The molecule has 0 saturated carbocycles. The monoisotopic (exact) mass is 462 g/mol. The molecule has 4 amide bonds. The first-order valence-electron chi connectivity index (χ1n) is 11.8. The van der Waals surface area contributed by atoms with E-state index in [0.717, 1.165) is 55.5 Å². The molecule has 0 bridgehead atoms. The molecule has 1 atom stereocenters. The standard InChI is InChI=1S/C26H30N4O4/c27-24(32)18-10-5-4-9-17(18)8-3-1-2-6-15-28-21-12-7-11-19-20(21)16-30(26(19)34)22-13-14-23(31)29-25(22)33/h4-5,7,9-12,22,28H,1-3,6,8,13-16H2,(H2,27,32)(H,29,31,33). The molecule has 34 heavy (non-hydrogen) atoms.